The van der Waals surface area contributed by atoms with Gasteiger partial charge in [-0.3, -0.25) is 0 Å². The van der Waals surface area contributed by atoms with Gasteiger partial charge < -0.3 is 5.32 Å². The molecule has 2 rings (SSSR count). The van der Waals surface area contributed by atoms with Crippen LogP contribution in [0.3, 0.4) is 0 Å². The summed E-state index contributed by atoms with van der Waals surface area (Å²) in [5.74, 6) is -1.05. The Hall–Kier alpha value is -1.63. The van der Waals surface area contributed by atoms with Crippen molar-refractivity contribution in [3.8, 4) is 0 Å². The smallest absolute Gasteiger partial charge is 0.362 e. The minimum atomic E-state index is -4.56. The first-order valence-electron chi connectivity index (χ1n) is 5.79. The van der Waals surface area contributed by atoms with Gasteiger partial charge in [0.15, 0.2) is 0 Å². The Balaban J connectivity index is 2.25. The van der Waals surface area contributed by atoms with E-state index in [-0.39, 0.29) is 11.9 Å². The number of rotatable bonds is 3. The maximum Gasteiger partial charge on any atom is 0.451 e. The lowest BCUT2D eigenvalue weighted by Gasteiger charge is -2.16. The van der Waals surface area contributed by atoms with Crippen molar-refractivity contribution in [3.05, 3.63) is 52.4 Å². The summed E-state index contributed by atoms with van der Waals surface area (Å²) in [6, 6.07) is 9.20. The molecule has 7 heteroatoms. The minimum Gasteiger partial charge on any atom is -0.362 e. The number of nitrogens with zero attached hydrogens (tertiary/aromatic N) is 2. The molecule has 0 aliphatic carbocycles. The van der Waals surface area contributed by atoms with Gasteiger partial charge in [-0.2, -0.15) is 13.2 Å². The summed E-state index contributed by atoms with van der Waals surface area (Å²) in [6.45, 7) is 1.84. The Bertz CT molecular complexity index is 587. The van der Waals surface area contributed by atoms with E-state index >= 15 is 0 Å². The highest BCUT2D eigenvalue weighted by molar-refractivity contribution is 9.10. The number of anilines is 1. The maximum absolute atomic E-state index is 12.6. The summed E-state index contributed by atoms with van der Waals surface area (Å²) >= 11 is 3.14. The highest BCUT2D eigenvalue weighted by atomic mass is 79.9. The molecule has 0 radical (unpaired) electrons. The summed E-state index contributed by atoms with van der Waals surface area (Å²) in [6.07, 6.45) is -3.47. The lowest BCUT2D eigenvalue weighted by molar-refractivity contribution is -0.144. The van der Waals surface area contributed by atoms with E-state index in [1.807, 2.05) is 37.3 Å². The monoisotopic (exact) mass is 345 g/mol. The molecular weight excluding hydrogens is 335 g/mol. The Morgan fingerprint density at radius 3 is 2.45 bits per heavy atom. The van der Waals surface area contributed by atoms with Gasteiger partial charge in [0.05, 0.1) is 4.47 Å². The zero-order valence-electron chi connectivity index (χ0n) is 10.4. The Kier molecular flexibility index (Phi) is 4.27. The van der Waals surface area contributed by atoms with E-state index in [0.717, 1.165) is 11.8 Å². The van der Waals surface area contributed by atoms with Gasteiger partial charge in [0.1, 0.15) is 5.82 Å². The van der Waals surface area contributed by atoms with Crippen LogP contribution in [-0.4, -0.2) is 9.97 Å². The number of alkyl halides is 3. The minimum absolute atomic E-state index is 0.115. The molecule has 1 aromatic carbocycles. The summed E-state index contributed by atoms with van der Waals surface area (Å²) in [7, 11) is 0. The molecule has 0 saturated carbocycles. The molecule has 0 saturated heterocycles. The van der Waals surface area contributed by atoms with E-state index in [0.29, 0.717) is 4.47 Å². The van der Waals surface area contributed by atoms with Crippen LogP contribution in [0, 0.1) is 0 Å². The predicted octanol–water partition coefficient (Wildman–Crippen LogP) is 4.43. The number of halogens is 4. The van der Waals surface area contributed by atoms with E-state index in [2.05, 4.69) is 31.2 Å². The van der Waals surface area contributed by atoms with Crippen molar-refractivity contribution < 1.29 is 13.2 Å². The largest absolute Gasteiger partial charge is 0.451 e. The maximum atomic E-state index is 12.6. The van der Waals surface area contributed by atoms with Crippen LogP contribution in [0.1, 0.15) is 24.4 Å². The zero-order valence-corrected chi connectivity index (χ0v) is 12.0. The average molecular weight is 346 g/mol. The highest BCUT2D eigenvalue weighted by Gasteiger charge is 2.35. The second-order valence-corrected chi connectivity index (χ2v) is 5.02. The Morgan fingerprint density at radius 1 is 1.20 bits per heavy atom. The molecule has 0 aliphatic heterocycles. The van der Waals surface area contributed by atoms with E-state index in [1.165, 1.54) is 0 Å². The fourth-order valence-electron chi connectivity index (χ4n) is 1.64. The fraction of sp³-hybridized carbons (Fsp3) is 0.231. The van der Waals surface area contributed by atoms with Crippen LogP contribution in [0.4, 0.5) is 19.0 Å². The summed E-state index contributed by atoms with van der Waals surface area (Å²) in [4.78, 5) is 6.78. The van der Waals surface area contributed by atoms with E-state index in [9.17, 15) is 13.2 Å². The highest BCUT2D eigenvalue weighted by Crippen LogP contribution is 2.30. The molecule has 0 amide bonds. The van der Waals surface area contributed by atoms with Crippen LogP contribution in [0.25, 0.3) is 0 Å². The number of benzene rings is 1. The topological polar surface area (TPSA) is 37.8 Å². The molecular formula is C13H11BrF3N3. The summed E-state index contributed by atoms with van der Waals surface area (Å²) in [5, 5.41) is 2.94. The van der Waals surface area contributed by atoms with Crippen LogP contribution in [0.15, 0.2) is 41.0 Å². The Morgan fingerprint density at radius 2 is 1.85 bits per heavy atom. The summed E-state index contributed by atoms with van der Waals surface area (Å²) in [5.41, 5.74) is 0.951. The molecule has 106 valence electrons. The SMILES string of the molecule is C[C@H](Nc1nc(C(F)(F)F)ncc1Br)c1ccccc1. The first-order valence-corrected chi connectivity index (χ1v) is 6.58. The standard InChI is InChI=1S/C13H11BrF3N3/c1-8(9-5-3-2-4-6-9)19-11-10(14)7-18-12(20-11)13(15,16)17/h2-8H,1H3,(H,18,19,20)/t8-/m0/s1. The fourth-order valence-corrected chi connectivity index (χ4v) is 1.94. The van der Waals surface area contributed by atoms with Crippen molar-refractivity contribution in [1.82, 2.24) is 9.97 Å². The predicted molar refractivity (Wildman–Crippen MR) is 73.2 cm³/mol. The van der Waals surface area contributed by atoms with E-state index in [1.54, 1.807) is 0 Å². The number of aromatic nitrogens is 2. The van der Waals surface area contributed by atoms with Gasteiger partial charge >= 0.3 is 6.18 Å². The van der Waals surface area contributed by atoms with Gasteiger partial charge in [-0.05, 0) is 28.4 Å². The zero-order chi connectivity index (χ0) is 14.8. The van der Waals surface area contributed by atoms with Crippen molar-refractivity contribution in [2.75, 3.05) is 5.32 Å². The molecule has 0 aliphatic rings. The molecule has 0 unspecified atom stereocenters. The van der Waals surface area contributed by atoms with Gasteiger partial charge in [0.25, 0.3) is 0 Å². The van der Waals surface area contributed by atoms with Crippen molar-refractivity contribution in [3.63, 3.8) is 0 Å². The number of hydrogen-bond donors (Lipinski definition) is 1. The van der Waals surface area contributed by atoms with E-state index < -0.39 is 12.0 Å². The molecule has 0 fully saturated rings. The average Bonchev–Trinajstić information content (AvgIpc) is 2.41. The second kappa shape index (κ2) is 5.78. The van der Waals surface area contributed by atoms with Crippen molar-refractivity contribution in [1.29, 1.82) is 0 Å². The first-order chi connectivity index (χ1) is 9.38. The summed E-state index contributed by atoms with van der Waals surface area (Å²) < 4.78 is 38.2. The van der Waals surface area contributed by atoms with Crippen LogP contribution in [0.2, 0.25) is 0 Å². The molecule has 0 bridgehead atoms. The quantitative estimate of drug-likeness (QED) is 0.893. The molecule has 2 aromatic rings. The molecule has 1 N–H and O–H groups in total. The van der Waals surface area contributed by atoms with Crippen LogP contribution in [0.5, 0.6) is 0 Å². The van der Waals surface area contributed by atoms with Crippen molar-refractivity contribution >= 4 is 21.7 Å². The third kappa shape index (κ3) is 3.47. The molecule has 1 heterocycles. The van der Waals surface area contributed by atoms with E-state index in [4.69, 9.17) is 0 Å². The van der Waals surface area contributed by atoms with Crippen LogP contribution >= 0.6 is 15.9 Å². The van der Waals surface area contributed by atoms with Crippen molar-refractivity contribution in [2.24, 2.45) is 0 Å². The van der Waals surface area contributed by atoms with Gasteiger partial charge in [-0.1, -0.05) is 30.3 Å². The molecule has 3 nitrogen and oxygen atoms in total. The third-order valence-corrected chi connectivity index (χ3v) is 3.23. The van der Waals surface area contributed by atoms with Gasteiger partial charge in [0.2, 0.25) is 5.82 Å². The Labute approximate surface area is 122 Å². The van der Waals surface area contributed by atoms with Gasteiger partial charge in [-0.25, -0.2) is 9.97 Å². The number of nitrogens with one attached hydrogen (secondary N) is 1. The molecule has 1 aromatic heterocycles. The normalized spacial score (nSPS) is 13.1. The molecule has 1 atom stereocenters. The lowest BCUT2D eigenvalue weighted by Crippen LogP contribution is -2.15. The van der Waals surface area contributed by atoms with Crippen LogP contribution in [-0.2, 0) is 6.18 Å². The molecule has 20 heavy (non-hydrogen) atoms. The van der Waals surface area contributed by atoms with Crippen LogP contribution < -0.4 is 5.32 Å². The first kappa shape index (κ1) is 14.8. The van der Waals surface area contributed by atoms with Gasteiger partial charge in [0, 0.05) is 12.2 Å². The molecule has 0 spiro atoms. The third-order valence-electron chi connectivity index (χ3n) is 2.65. The van der Waals surface area contributed by atoms with Crippen molar-refractivity contribution in [2.45, 2.75) is 19.1 Å². The van der Waals surface area contributed by atoms with Gasteiger partial charge in [-0.15, -0.1) is 0 Å². The lowest BCUT2D eigenvalue weighted by atomic mass is 10.1. The number of hydrogen-bond acceptors (Lipinski definition) is 3. The second-order valence-electron chi connectivity index (χ2n) is 4.16.